The Kier molecular flexibility index (Phi) is 7.23. The van der Waals surface area contributed by atoms with Gasteiger partial charge >= 0.3 is 0 Å². The number of nitrogens with two attached hydrogens (primary N) is 1. The number of fused-ring (bicyclic) bond motifs is 1. The number of aromatic nitrogens is 3. The first-order valence-electron chi connectivity index (χ1n) is 11.4. The Hall–Kier alpha value is -2.85. The number of alkyl halides is 3. The van der Waals surface area contributed by atoms with E-state index in [0.717, 1.165) is 12.8 Å². The van der Waals surface area contributed by atoms with Crippen LogP contribution < -0.4 is 15.8 Å². The monoisotopic (exact) mass is 509 g/mol. The minimum atomic E-state index is -2.66. The smallest absolute Gasteiger partial charge is 0.263 e. The molecule has 35 heavy (non-hydrogen) atoms. The standard InChI is InChI=1S/C24H26F3N5O2.ClH/c1-11-19(24(33)32-14-7-16(25)17(28)8-14)21-22(31-11)20(29-10-30-21)15-6-13(23(26)27)4-5-18(15)34-9-12-2-3-12;/h4-6,10,12,14,16-17,23,31H,2-3,7-9,28H2,1H3,(H,32,33);1H/t14-,16+,17+;/m1./s1. The van der Waals surface area contributed by atoms with Gasteiger partial charge in [-0.15, -0.1) is 12.4 Å². The highest BCUT2D eigenvalue weighted by atomic mass is 35.5. The molecule has 2 aromatic heterocycles. The molecule has 2 fully saturated rings. The Morgan fingerprint density at radius 3 is 2.71 bits per heavy atom. The van der Waals surface area contributed by atoms with Gasteiger partial charge in [-0.3, -0.25) is 4.79 Å². The highest BCUT2D eigenvalue weighted by molar-refractivity contribution is 6.09. The fourth-order valence-electron chi connectivity index (χ4n) is 4.48. The maximum atomic E-state index is 13.8. The average molecular weight is 510 g/mol. The number of H-pyrrole nitrogens is 1. The lowest BCUT2D eigenvalue weighted by Gasteiger charge is -2.13. The molecule has 2 aliphatic carbocycles. The number of carbonyl (C=O) groups excluding carboxylic acids is 1. The van der Waals surface area contributed by atoms with E-state index in [1.165, 1.54) is 24.5 Å². The number of nitrogens with one attached hydrogen (secondary N) is 2. The fourth-order valence-corrected chi connectivity index (χ4v) is 4.48. The Morgan fingerprint density at radius 1 is 1.29 bits per heavy atom. The van der Waals surface area contributed by atoms with Crippen molar-refractivity contribution in [3.8, 4) is 17.0 Å². The first kappa shape index (κ1) is 25.2. The number of ether oxygens (including phenoxy) is 1. The highest BCUT2D eigenvalue weighted by Gasteiger charge is 2.34. The molecule has 1 amide bonds. The fraction of sp³-hybridized carbons (Fsp3) is 0.458. The Labute approximate surface area is 206 Å². The number of rotatable bonds is 7. The van der Waals surface area contributed by atoms with Gasteiger partial charge in [0.05, 0.1) is 17.7 Å². The van der Waals surface area contributed by atoms with Crippen molar-refractivity contribution in [1.82, 2.24) is 20.3 Å². The predicted octanol–water partition coefficient (Wildman–Crippen LogP) is 4.64. The number of hydrogen-bond acceptors (Lipinski definition) is 5. The summed E-state index contributed by atoms with van der Waals surface area (Å²) in [5, 5.41) is 2.85. The van der Waals surface area contributed by atoms with Crippen molar-refractivity contribution in [2.75, 3.05) is 6.61 Å². The largest absolute Gasteiger partial charge is 0.493 e. The molecule has 1 aromatic carbocycles. The van der Waals surface area contributed by atoms with E-state index in [1.807, 2.05) is 0 Å². The molecule has 0 bridgehead atoms. The van der Waals surface area contributed by atoms with Crippen molar-refractivity contribution < 1.29 is 22.7 Å². The SMILES string of the molecule is Cc1[nH]c2c(-c3cc(C(F)F)ccc3OCC3CC3)ncnc2c1C(=O)N[C@H]1C[C@H](N)[C@@H](F)C1.Cl. The zero-order valence-corrected chi connectivity index (χ0v) is 19.9. The minimum Gasteiger partial charge on any atom is -0.493 e. The number of carbonyl (C=O) groups is 1. The van der Waals surface area contributed by atoms with Gasteiger partial charge in [-0.2, -0.15) is 0 Å². The number of aryl methyl sites for hydroxylation is 1. The number of benzene rings is 1. The molecule has 0 aliphatic heterocycles. The van der Waals surface area contributed by atoms with Crippen LogP contribution in [0.2, 0.25) is 0 Å². The van der Waals surface area contributed by atoms with Gasteiger partial charge < -0.3 is 20.8 Å². The summed E-state index contributed by atoms with van der Waals surface area (Å²) >= 11 is 0. The Balaban J connectivity index is 0.00000289. The molecule has 5 rings (SSSR count). The predicted molar refractivity (Wildman–Crippen MR) is 128 cm³/mol. The van der Waals surface area contributed by atoms with Gasteiger partial charge in [-0.1, -0.05) is 0 Å². The summed E-state index contributed by atoms with van der Waals surface area (Å²) in [6.45, 7) is 2.23. The van der Waals surface area contributed by atoms with Gasteiger partial charge in [0.25, 0.3) is 12.3 Å². The first-order valence-corrected chi connectivity index (χ1v) is 11.4. The number of halogens is 4. The van der Waals surface area contributed by atoms with Gasteiger partial charge in [-0.25, -0.2) is 23.1 Å². The van der Waals surface area contributed by atoms with Crippen LogP contribution >= 0.6 is 12.4 Å². The average Bonchev–Trinajstić information content (AvgIpc) is 3.49. The maximum Gasteiger partial charge on any atom is 0.263 e. The number of amides is 1. The van der Waals surface area contributed by atoms with Crippen LogP contribution in [0.25, 0.3) is 22.3 Å². The Morgan fingerprint density at radius 2 is 2.06 bits per heavy atom. The van der Waals surface area contributed by atoms with E-state index in [2.05, 4.69) is 20.3 Å². The molecule has 2 aliphatic rings. The normalized spacial score (nSPS) is 21.8. The van der Waals surface area contributed by atoms with E-state index >= 15 is 0 Å². The third-order valence-electron chi connectivity index (χ3n) is 6.55. The summed E-state index contributed by atoms with van der Waals surface area (Å²) in [5.41, 5.74) is 8.01. The van der Waals surface area contributed by atoms with Crippen LogP contribution in [0.1, 0.15) is 53.7 Å². The second-order valence-corrected chi connectivity index (χ2v) is 9.20. The molecule has 11 heteroatoms. The molecule has 188 valence electrons. The van der Waals surface area contributed by atoms with Crippen molar-refractivity contribution in [3.63, 3.8) is 0 Å². The minimum absolute atomic E-state index is 0. The van der Waals surface area contributed by atoms with Crippen LogP contribution in [0.5, 0.6) is 5.75 Å². The van der Waals surface area contributed by atoms with Gasteiger partial charge in [-0.05, 0) is 50.3 Å². The first-order chi connectivity index (χ1) is 16.3. The molecular formula is C24H27ClF3N5O2. The van der Waals surface area contributed by atoms with E-state index in [-0.39, 0.29) is 30.4 Å². The lowest BCUT2D eigenvalue weighted by Crippen LogP contribution is -2.34. The molecule has 4 N–H and O–H groups in total. The summed E-state index contributed by atoms with van der Waals surface area (Å²) in [6.07, 6.45) is 0.187. The molecule has 7 nitrogen and oxygen atoms in total. The summed E-state index contributed by atoms with van der Waals surface area (Å²) in [6, 6.07) is 3.28. The summed E-state index contributed by atoms with van der Waals surface area (Å²) < 4.78 is 46.7. The topological polar surface area (TPSA) is 106 Å². The highest BCUT2D eigenvalue weighted by Crippen LogP contribution is 2.38. The summed E-state index contributed by atoms with van der Waals surface area (Å²) in [4.78, 5) is 24.9. The summed E-state index contributed by atoms with van der Waals surface area (Å²) in [7, 11) is 0. The lowest BCUT2D eigenvalue weighted by atomic mass is 10.0. The van der Waals surface area contributed by atoms with Crippen LogP contribution in [0.3, 0.4) is 0 Å². The van der Waals surface area contributed by atoms with Crippen LogP contribution in [0.15, 0.2) is 24.5 Å². The van der Waals surface area contributed by atoms with Gasteiger partial charge in [0.15, 0.2) is 0 Å². The van der Waals surface area contributed by atoms with E-state index in [4.69, 9.17) is 10.5 Å². The van der Waals surface area contributed by atoms with E-state index in [0.29, 0.717) is 58.2 Å². The Bertz CT molecular complexity index is 1220. The zero-order chi connectivity index (χ0) is 24.0. The van der Waals surface area contributed by atoms with E-state index in [1.54, 1.807) is 6.92 Å². The second kappa shape index (κ2) is 10.0. The molecule has 2 saturated carbocycles. The van der Waals surface area contributed by atoms with Crippen molar-refractivity contribution in [1.29, 1.82) is 0 Å². The lowest BCUT2D eigenvalue weighted by molar-refractivity contribution is 0.0937. The quantitative estimate of drug-likeness (QED) is 0.430. The molecule has 0 radical (unpaired) electrons. The third-order valence-corrected chi connectivity index (χ3v) is 6.55. The number of hydrogen-bond donors (Lipinski definition) is 3. The van der Waals surface area contributed by atoms with Gasteiger partial charge in [0.2, 0.25) is 0 Å². The van der Waals surface area contributed by atoms with Crippen molar-refractivity contribution in [2.24, 2.45) is 11.7 Å². The van der Waals surface area contributed by atoms with Crippen LogP contribution in [-0.4, -0.2) is 45.7 Å². The van der Waals surface area contributed by atoms with Crippen LogP contribution in [0.4, 0.5) is 13.2 Å². The molecule has 0 saturated heterocycles. The van der Waals surface area contributed by atoms with Crippen LogP contribution in [-0.2, 0) is 0 Å². The van der Waals surface area contributed by atoms with Gasteiger partial charge in [0, 0.05) is 35.3 Å². The third kappa shape index (κ3) is 5.08. The van der Waals surface area contributed by atoms with Crippen LogP contribution in [0, 0.1) is 12.8 Å². The molecule has 2 heterocycles. The van der Waals surface area contributed by atoms with E-state index < -0.39 is 24.5 Å². The van der Waals surface area contributed by atoms with Crippen molar-refractivity contribution in [2.45, 2.75) is 57.3 Å². The number of aromatic amines is 1. The van der Waals surface area contributed by atoms with E-state index in [9.17, 15) is 18.0 Å². The second-order valence-electron chi connectivity index (χ2n) is 9.20. The van der Waals surface area contributed by atoms with Crippen molar-refractivity contribution in [3.05, 3.63) is 41.3 Å². The molecule has 3 aromatic rings. The molecule has 0 unspecified atom stereocenters. The zero-order valence-electron chi connectivity index (χ0n) is 19.1. The van der Waals surface area contributed by atoms with Gasteiger partial charge in [0.1, 0.15) is 29.5 Å². The maximum absolute atomic E-state index is 13.8. The van der Waals surface area contributed by atoms with Crippen molar-refractivity contribution >= 4 is 29.3 Å². The molecular weight excluding hydrogens is 483 g/mol. The molecule has 3 atom stereocenters. The summed E-state index contributed by atoms with van der Waals surface area (Å²) in [5.74, 6) is 0.526. The molecule has 0 spiro atoms. The number of nitrogens with zero attached hydrogens (tertiary/aromatic N) is 2.